The van der Waals surface area contributed by atoms with Crippen LogP contribution in [0, 0.1) is 0 Å². The van der Waals surface area contributed by atoms with Crippen LogP contribution in [-0.4, -0.2) is 39.2 Å². The molecule has 10 nitrogen and oxygen atoms in total. The molecular formula is C42H62N4O6. The molecule has 3 aromatic carbocycles. The van der Waals surface area contributed by atoms with Gasteiger partial charge in [-0.15, -0.1) is 0 Å². The summed E-state index contributed by atoms with van der Waals surface area (Å²) in [6.45, 7) is 5.44. The Balaban J connectivity index is 1.68. The Kier molecular flexibility index (Phi) is 19.1. The van der Waals surface area contributed by atoms with E-state index in [0.717, 1.165) is 25.7 Å². The van der Waals surface area contributed by atoms with Crippen LogP contribution < -0.4 is 41.0 Å². The lowest BCUT2D eigenvalue weighted by molar-refractivity contribution is 0.101. The molecule has 6 N–H and O–H groups in total. The van der Waals surface area contributed by atoms with E-state index >= 15 is 0 Å². The van der Waals surface area contributed by atoms with Crippen molar-refractivity contribution in [2.24, 2.45) is 0 Å². The van der Waals surface area contributed by atoms with Gasteiger partial charge in [0.15, 0.2) is 0 Å². The number of nitrogen functional groups attached to an aromatic ring is 2. The van der Waals surface area contributed by atoms with Crippen LogP contribution in [0.15, 0.2) is 48.5 Å². The zero-order chi connectivity index (χ0) is 37.6. The summed E-state index contributed by atoms with van der Waals surface area (Å²) in [6, 6.07) is 13.2. The van der Waals surface area contributed by atoms with Gasteiger partial charge in [0, 0.05) is 17.4 Å². The predicted molar refractivity (Wildman–Crippen MR) is 213 cm³/mol. The Morgan fingerprint density at radius 2 is 0.865 bits per heavy atom. The number of rotatable bonds is 26. The molecule has 286 valence electrons. The molecule has 0 aromatic heterocycles. The van der Waals surface area contributed by atoms with Crippen LogP contribution in [0.1, 0.15) is 137 Å². The van der Waals surface area contributed by atoms with Gasteiger partial charge in [0.25, 0.3) is 11.8 Å². The van der Waals surface area contributed by atoms with Gasteiger partial charge < -0.3 is 41.0 Å². The first kappa shape index (κ1) is 41.8. The van der Waals surface area contributed by atoms with Crippen LogP contribution in [-0.2, 0) is 0 Å². The maximum Gasteiger partial charge on any atom is 0.259 e. The molecule has 52 heavy (non-hydrogen) atoms. The minimum atomic E-state index is -0.438. The molecule has 3 aromatic rings. The zero-order valence-corrected chi connectivity index (χ0v) is 32.0. The van der Waals surface area contributed by atoms with Crippen LogP contribution in [0.4, 0.5) is 22.7 Å². The monoisotopic (exact) mass is 718 g/mol. The van der Waals surface area contributed by atoms with Crippen molar-refractivity contribution >= 4 is 34.6 Å². The second-order valence-corrected chi connectivity index (χ2v) is 13.3. The molecular weight excluding hydrogens is 656 g/mol. The molecule has 0 saturated heterocycles. The van der Waals surface area contributed by atoms with Crippen molar-refractivity contribution in [3.8, 4) is 23.0 Å². The summed E-state index contributed by atoms with van der Waals surface area (Å²) in [6.07, 6.45) is 18.9. The summed E-state index contributed by atoms with van der Waals surface area (Å²) < 4.78 is 23.3. The fourth-order valence-corrected chi connectivity index (χ4v) is 6.01. The van der Waals surface area contributed by atoms with Crippen molar-refractivity contribution < 1.29 is 28.5 Å². The van der Waals surface area contributed by atoms with Gasteiger partial charge in [-0.25, -0.2) is 0 Å². The number of nitrogens with two attached hydrogens (primary N) is 2. The highest BCUT2D eigenvalue weighted by atomic mass is 16.5. The lowest BCUT2D eigenvalue weighted by Gasteiger charge is -2.18. The molecule has 0 unspecified atom stereocenters. The fourth-order valence-electron chi connectivity index (χ4n) is 6.01. The standard InChI is InChI=1S/C42H62N4O6/c1-5-7-9-11-13-15-17-19-25-51-37-23-21-31(43)27-33(37)41(47)45-35-29-36(40(50-4)30-39(35)49-3)46-42(48)34-28-32(44)22-24-38(34)52-26-20-18-16-14-12-10-8-6-2/h21-24,27-30H,5-20,25-26,43-44H2,1-4H3,(H,45,47)(H,46,48). The number of hydrogen-bond acceptors (Lipinski definition) is 8. The predicted octanol–water partition coefficient (Wildman–Crippen LogP) is 10.4. The Morgan fingerprint density at radius 1 is 0.500 bits per heavy atom. The molecule has 0 bridgehead atoms. The van der Waals surface area contributed by atoms with Gasteiger partial charge in [0.1, 0.15) is 23.0 Å². The quantitative estimate of drug-likeness (QED) is 0.0474. The van der Waals surface area contributed by atoms with E-state index in [2.05, 4.69) is 24.5 Å². The van der Waals surface area contributed by atoms with Crippen molar-refractivity contribution in [1.82, 2.24) is 0 Å². The first-order valence-corrected chi connectivity index (χ1v) is 19.2. The second-order valence-electron chi connectivity index (χ2n) is 13.3. The number of methoxy groups -OCH3 is 2. The topological polar surface area (TPSA) is 147 Å². The maximum absolute atomic E-state index is 13.7. The van der Waals surface area contributed by atoms with Crippen molar-refractivity contribution in [3.63, 3.8) is 0 Å². The van der Waals surface area contributed by atoms with E-state index in [1.54, 1.807) is 48.5 Å². The number of ether oxygens (including phenoxy) is 4. The van der Waals surface area contributed by atoms with Gasteiger partial charge in [-0.1, -0.05) is 104 Å². The molecule has 0 fully saturated rings. The Labute approximate surface area is 311 Å². The minimum absolute atomic E-state index is 0.293. The summed E-state index contributed by atoms with van der Waals surface area (Å²) in [4.78, 5) is 27.4. The lowest BCUT2D eigenvalue weighted by Crippen LogP contribution is -2.17. The molecule has 0 radical (unpaired) electrons. The van der Waals surface area contributed by atoms with E-state index in [1.165, 1.54) is 91.3 Å². The highest BCUT2D eigenvalue weighted by molar-refractivity contribution is 6.10. The van der Waals surface area contributed by atoms with Crippen LogP contribution in [0.25, 0.3) is 0 Å². The lowest BCUT2D eigenvalue weighted by atomic mass is 10.1. The van der Waals surface area contributed by atoms with Crippen LogP contribution >= 0.6 is 0 Å². The van der Waals surface area contributed by atoms with Gasteiger partial charge in [-0.2, -0.15) is 0 Å². The second kappa shape index (κ2) is 23.8. The van der Waals surface area contributed by atoms with Crippen LogP contribution in [0.3, 0.4) is 0 Å². The summed E-state index contributed by atoms with van der Waals surface area (Å²) >= 11 is 0. The molecule has 0 aliphatic rings. The number of anilines is 4. The third kappa shape index (κ3) is 14.2. The Hall–Kier alpha value is -4.60. The fraction of sp³-hybridized carbons (Fsp3) is 0.524. The molecule has 0 aliphatic heterocycles. The normalized spacial score (nSPS) is 10.8. The smallest absolute Gasteiger partial charge is 0.259 e. The summed E-state index contributed by atoms with van der Waals surface area (Å²) in [5.74, 6) is 0.685. The molecule has 3 rings (SSSR count). The summed E-state index contributed by atoms with van der Waals surface area (Å²) in [7, 11) is 2.98. The van der Waals surface area contributed by atoms with E-state index < -0.39 is 11.8 Å². The van der Waals surface area contributed by atoms with Crippen molar-refractivity contribution in [3.05, 3.63) is 59.7 Å². The minimum Gasteiger partial charge on any atom is -0.494 e. The third-order valence-electron chi connectivity index (χ3n) is 9.03. The van der Waals surface area contributed by atoms with Gasteiger partial charge in [0.05, 0.1) is 49.9 Å². The van der Waals surface area contributed by atoms with E-state index in [9.17, 15) is 9.59 Å². The Morgan fingerprint density at radius 3 is 1.23 bits per heavy atom. The third-order valence-corrected chi connectivity index (χ3v) is 9.03. The molecule has 10 heteroatoms. The van der Waals surface area contributed by atoms with Crippen molar-refractivity contribution in [2.75, 3.05) is 49.5 Å². The zero-order valence-electron chi connectivity index (χ0n) is 32.0. The van der Waals surface area contributed by atoms with Crippen LogP contribution in [0.5, 0.6) is 23.0 Å². The largest absolute Gasteiger partial charge is 0.494 e. The average Bonchev–Trinajstić information content (AvgIpc) is 3.14. The average molecular weight is 719 g/mol. The molecule has 0 heterocycles. The van der Waals surface area contributed by atoms with Crippen molar-refractivity contribution in [1.29, 1.82) is 0 Å². The number of unbranched alkanes of at least 4 members (excludes halogenated alkanes) is 14. The van der Waals surface area contributed by atoms with E-state index in [1.807, 2.05) is 0 Å². The highest BCUT2D eigenvalue weighted by Crippen LogP contribution is 2.38. The maximum atomic E-state index is 13.7. The molecule has 2 amide bonds. The molecule has 0 spiro atoms. The van der Waals surface area contributed by atoms with E-state index in [-0.39, 0.29) is 0 Å². The molecule has 0 atom stereocenters. The first-order chi connectivity index (χ1) is 25.3. The first-order valence-electron chi connectivity index (χ1n) is 19.2. The number of amides is 2. The molecule has 0 saturated carbocycles. The number of nitrogens with one attached hydrogen (secondary N) is 2. The summed E-state index contributed by atoms with van der Waals surface area (Å²) in [5.41, 5.74) is 14.3. The number of carbonyl (C=O) groups is 2. The SMILES string of the molecule is CCCCCCCCCCOc1ccc(N)cc1C(=O)Nc1cc(NC(=O)c2cc(N)ccc2OCCCCCCCCCC)c(OC)cc1OC. The number of carbonyl (C=O) groups excluding carboxylic acids is 2. The highest BCUT2D eigenvalue weighted by Gasteiger charge is 2.21. The van der Waals surface area contributed by atoms with Gasteiger partial charge >= 0.3 is 0 Å². The van der Waals surface area contributed by atoms with E-state index in [4.69, 9.17) is 30.4 Å². The van der Waals surface area contributed by atoms with Gasteiger partial charge in [-0.05, 0) is 55.3 Å². The van der Waals surface area contributed by atoms with E-state index in [0.29, 0.717) is 70.1 Å². The van der Waals surface area contributed by atoms with Gasteiger partial charge in [0.2, 0.25) is 0 Å². The number of benzene rings is 3. The van der Waals surface area contributed by atoms with Gasteiger partial charge in [-0.3, -0.25) is 9.59 Å². The Bertz CT molecular complexity index is 1420. The van der Waals surface area contributed by atoms with Crippen LogP contribution in [0.2, 0.25) is 0 Å². The summed E-state index contributed by atoms with van der Waals surface area (Å²) in [5, 5.41) is 5.83. The van der Waals surface area contributed by atoms with Crippen molar-refractivity contribution in [2.45, 2.75) is 117 Å². The molecule has 0 aliphatic carbocycles. The number of hydrogen-bond donors (Lipinski definition) is 4.